The van der Waals surface area contributed by atoms with Crippen LogP contribution in [-0.2, 0) is 9.59 Å². The summed E-state index contributed by atoms with van der Waals surface area (Å²) >= 11 is 7.29. The summed E-state index contributed by atoms with van der Waals surface area (Å²) in [6.07, 6.45) is 1.26. The quantitative estimate of drug-likeness (QED) is 0.0567. The van der Waals surface area contributed by atoms with E-state index in [4.69, 9.17) is 11.6 Å². The maximum absolute atomic E-state index is 13.6. The zero-order chi connectivity index (χ0) is 33.2. The van der Waals surface area contributed by atoms with Gasteiger partial charge in [0.05, 0.1) is 10.5 Å². The van der Waals surface area contributed by atoms with Crippen LogP contribution in [0.15, 0.2) is 144 Å². The van der Waals surface area contributed by atoms with Gasteiger partial charge < -0.3 is 16.0 Å². The van der Waals surface area contributed by atoms with E-state index in [1.165, 1.54) is 36.0 Å². The fraction of sp³-hybridized carbons (Fsp3) is 0.0278. The van der Waals surface area contributed by atoms with E-state index >= 15 is 0 Å². The Balaban J connectivity index is 1.40. The summed E-state index contributed by atoms with van der Waals surface area (Å²) in [5, 5.41) is 19.9. The second-order valence-electron chi connectivity index (χ2n) is 10.1. The molecule has 0 saturated carbocycles. The van der Waals surface area contributed by atoms with Gasteiger partial charge in [-0.3, -0.25) is 24.5 Å². The Labute approximate surface area is 279 Å². The standard InChI is InChI=1S/C36H27ClN4O5S/c37-27-18-20-28(21-19-27)38-36(44)33(24-10-3-1-4-11-24)47-30-16-9-15-29(23-30)39-35(43)31(40-34(42)25-12-5-2-6-13-25)22-26-14-7-8-17-32(26)41(45)46/h1-23,33H,(H,38,44)(H,39,43)(H,40,42)/b31-22+. The van der Waals surface area contributed by atoms with Gasteiger partial charge in [-0.1, -0.05) is 78.3 Å². The Bertz CT molecular complexity index is 1940. The van der Waals surface area contributed by atoms with E-state index in [2.05, 4.69) is 16.0 Å². The van der Waals surface area contributed by atoms with Crippen molar-refractivity contribution in [2.45, 2.75) is 10.1 Å². The van der Waals surface area contributed by atoms with Crippen LogP contribution >= 0.6 is 23.4 Å². The van der Waals surface area contributed by atoms with Crippen molar-refractivity contribution in [2.24, 2.45) is 0 Å². The maximum atomic E-state index is 13.6. The molecule has 0 heterocycles. The van der Waals surface area contributed by atoms with E-state index in [1.54, 1.807) is 78.9 Å². The normalized spacial score (nSPS) is 11.6. The molecule has 3 N–H and O–H groups in total. The van der Waals surface area contributed by atoms with Gasteiger partial charge in [-0.15, -0.1) is 11.8 Å². The van der Waals surface area contributed by atoms with Gasteiger partial charge in [-0.25, -0.2) is 0 Å². The molecule has 3 amide bonds. The maximum Gasteiger partial charge on any atom is 0.276 e. The average Bonchev–Trinajstić information content (AvgIpc) is 3.09. The van der Waals surface area contributed by atoms with Crippen LogP contribution in [0, 0.1) is 10.1 Å². The highest BCUT2D eigenvalue weighted by Gasteiger charge is 2.23. The number of nitro groups is 1. The highest BCUT2D eigenvalue weighted by Crippen LogP contribution is 2.37. The van der Waals surface area contributed by atoms with E-state index in [1.807, 2.05) is 36.4 Å². The SMILES string of the molecule is O=C(Nc1cccc(SC(C(=O)Nc2ccc(Cl)cc2)c2ccccc2)c1)/C(=C\c1ccccc1[N+](=O)[O-])NC(=O)c1ccccc1. The number of carbonyl (C=O) groups excluding carboxylic acids is 3. The van der Waals surface area contributed by atoms with E-state index < -0.39 is 22.0 Å². The minimum atomic E-state index is -0.699. The molecule has 5 aromatic rings. The fourth-order valence-corrected chi connectivity index (χ4v) is 5.71. The molecule has 5 aromatic carbocycles. The summed E-state index contributed by atoms with van der Waals surface area (Å²) in [6, 6.07) is 37.2. The molecule has 0 aromatic heterocycles. The van der Waals surface area contributed by atoms with Crippen LogP contribution < -0.4 is 16.0 Å². The smallest absolute Gasteiger partial charge is 0.276 e. The largest absolute Gasteiger partial charge is 0.325 e. The van der Waals surface area contributed by atoms with Crippen molar-refractivity contribution in [2.75, 3.05) is 10.6 Å². The minimum Gasteiger partial charge on any atom is -0.325 e. The van der Waals surface area contributed by atoms with Crippen LogP contribution in [0.4, 0.5) is 17.1 Å². The lowest BCUT2D eigenvalue weighted by atomic mass is 10.1. The van der Waals surface area contributed by atoms with Crippen LogP contribution in [0.5, 0.6) is 0 Å². The van der Waals surface area contributed by atoms with Gasteiger partial charge in [-0.05, 0) is 72.3 Å². The molecule has 1 unspecified atom stereocenters. The first kappa shape index (κ1) is 32.7. The van der Waals surface area contributed by atoms with Gasteiger partial charge in [0.25, 0.3) is 17.5 Å². The van der Waals surface area contributed by atoms with Gasteiger partial charge in [-0.2, -0.15) is 0 Å². The second-order valence-corrected chi connectivity index (χ2v) is 11.7. The number of nitrogens with one attached hydrogen (secondary N) is 3. The number of halogens is 1. The average molecular weight is 663 g/mol. The third-order valence-corrected chi connectivity index (χ3v) is 8.26. The Morgan fingerprint density at radius 3 is 2.11 bits per heavy atom. The van der Waals surface area contributed by atoms with Gasteiger partial charge in [0, 0.05) is 32.9 Å². The molecule has 0 aliphatic carbocycles. The number of thioether (sulfide) groups is 1. The topological polar surface area (TPSA) is 130 Å². The molecule has 47 heavy (non-hydrogen) atoms. The first-order valence-corrected chi connectivity index (χ1v) is 15.5. The molecule has 9 nitrogen and oxygen atoms in total. The van der Waals surface area contributed by atoms with Crippen LogP contribution in [-0.4, -0.2) is 22.6 Å². The number of para-hydroxylation sites is 1. The molecule has 234 valence electrons. The Kier molecular flexibility index (Phi) is 10.8. The predicted molar refractivity (Wildman–Crippen MR) is 185 cm³/mol. The number of anilines is 2. The van der Waals surface area contributed by atoms with Crippen molar-refractivity contribution in [3.8, 4) is 0 Å². The van der Waals surface area contributed by atoms with E-state index in [9.17, 15) is 24.5 Å². The highest BCUT2D eigenvalue weighted by molar-refractivity contribution is 8.00. The second kappa shape index (κ2) is 15.5. The van der Waals surface area contributed by atoms with Crippen molar-refractivity contribution >= 4 is 64.2 Å². The molecule has 11 heteroatoms. The molecule has 5 rings (SSSR count). The van der Waals surface area contributed by atoms with Crippen molar-refractivity contribution in [1.82, 2.24) is 5.32 Å². The van der Waals surface area contributed by atoms with Crippen LogP contribution in [0.25, 0.3) is 6.08 Å². The van der Waals surface area contributed by atoms with Crippen molar-refractivity contribution in [3.05, 3.63) is 171 Å². The van der Waals surface area contributed by atoms with Gasteiger partial charge in [0.2, 0.25) is 5.91 Å². The molecule has 0 spiro atoms. The van der Waals surface area contributed by atoms with Crippen LogP contribution in [0.2, 0.25) is 5.02 Å². The lowest BCUT2D eigenvalue weighted by molar-refractivity contribution is -0.385. The molecule has 0 radical (unpaired) electrons. The molecule has 0 saturated heterocycles. The third kappa shape index (κ3) is 8.94. The highest BCUT2D eigenvalue weighted by atomic mass is 35.5. The number of carbonyl (C=O) groups is 3. The van der Waals surface area contributed by atoms with Crippen molar-refractivity contribution in [1.29, 1.82) is 0 Å². The molecule has 1 atom stereocenters. The predicted octanol–water partition coefficient (Wildman–Crippen LogP) is 8.13. The molecular formula is C36H27ClN4O5S. The van der Waals surface area contributed by atoms with Crippen molar-refractivity contribution in [3.63, 3.8) is 0 Å². The van der Waals surface area contributed by atoms with Gasteiger partial charge in [0.15, 0.2) is 0 Å². The molecular weight excluding hydrogens is 636 g/mol. The lowest BCUT2D eigenvalue weighted by Crippen LogP contribution is -2.30. The zero-order valence-corrected chi connectivity index (χ0v) is 26.2. The number of nitro benzene ring substituents is 1. The number of amides is 3. The van der Waals surface area contributed by atoms with Gasteiger partial charge >= 0.3 is 0 Å². The summed E-state index contributed by atoms with van der Waals surface area (Å²) in [4.78, 5) is 51.9. The van der Waals surface area contributed by atoms with E-state index in [0.717, 1.165) is 5.56 Å². The first-order chi connectivity index (χ1) is 22.8. The number of hydrogen-bond donors (Lipinski definition) is 3. The van der Waals surface area contributed by atoms with Crippen LogP contribution in [0.3, 0.4) is 0 Å². The fourth-order valence-electron chi connectivity index (χ4n) is 4.50. The summed E-state index contributed by atoms with van der Waals surface area (Å²) in [7, 11) is 0. The lowest BCUT2D eigenvalue weighted by Gasteiger charge is -2.18. The third-order valence-electron chi connectivity index (χ3n) is 6.76. The van der Waals surface area contributed by atoms with Crippen LogP contribution in [0.1, 0.15) is 26.7 Å². The summed E-state index contributed by atoms with van der Waals surface area (Å²) in [5.41, 5.74) is 1.76. The van der Waals surface area contributed by atoms with Crippen molar-refractivity contribution < 1.29 is 19.3 Å². The molecule has 0 fully saturated rings. The van der Waals surface area contributed by atoms with E-state index in [0.29, 0.717) is 26.9 Å². The van der Waals surface area contributed by atoms with E-state index in [-0.39, 0.29) is 22.9 Å². The Hall–Kier alpha value is -5.71. The number of rotatable bonds is 11. The minimum absolute atomic E-state index is 0.137. The molecule has 0 aliphatic heterocycles. The first-order valence-electron chi connectivity index (χ1n) is 14.3. The van der Waals surface area contributed by atoms with Gasteiger partial charge in [0.1, 0.15) is 10.9 Å². The summed E-state index contributed by atoms with van der Waals surface area (Å²) in [5.74, 6) is -1.52. The monoisotopic (exact) mass is 662 g/mol. The number of nitrogens with zero attached hydrogens (tertiary/aromatic N) is 1. The molecule has 0 aliphatic rings. The number of hydrogen-bond acceptors (Lipinski definition) is 6. The summed E-state index contributed by atoms with van der Waals surface area (Å²) in [6.45, 7) is 0. The molecule has 0 bridgehead atoms. The summed E-state index contributed by atoms with van der Waals surface area (Å²) < 4.78 is 0. The Morgan fingerprint density at radius 1 is 0.745 bits per heavy atom. The number of benzene rings is 5. The Morgan fingerprint density at radius 2 is 1.40 bits per heavy atom. The zero-order valence-electron chi connectivity index (χ0n) is 24.6.